The fourth-order valence-electron chi connectivity index (χ4n) is 3.75. The maximum absolute atomic E-state index is 14.0. The van der Waals surface area contributed by atoms with Crippen molar-refractivity contribution in [1.29, 1.82) is 0 Å². The predicted molar refractivity (Wildman–Crippen MR) is 104 cm³/mol. The van der Waals surface area contributed by atoms with E-state index >= 15 is 0 Å². The Morgan fingerprint density at radius 1 is 1.14 bits per heavy atom. The first-order chi connectivity index (χ1) is 13.4. The normalized spacial score (nSPS) is 14.5. The van der Waals surface area contributed by atoms with Gasteiger partial charge in [0, 0.05) is 17.4 Å². The summed E-state index contributed by atoms with van der Waals surface area (Å²) >= 11 is 0. The van der Waals surface area contributed by atoms with Gasteiger partial charge in [0.1, 0.15) is 11.6 Å². The average molecular weight is 377 g/mol. The van der Waals surface area contributed by atoms with Gasteiger partial charge in [-0.2, -0.15) is 4.68 Å². The van der Waals surface area contributed by atoms with Crippen LogP contribution < -0.4 is 5.73 Å². The van der Waals surface area contributed by atoms with Crippen molar-refractivity contribution < 1.29 is 13.6 Å². The zero-order valence-corrected chi connectivity index (χ0v) is 14.9. The molecule has 1 aromatic heterocycles. The molecule has 3 aromatic rings. The van der Waals surface area contributed by atoms with Gasteiger partial charge in [0.15, 0.2) is 5.82 Å². The molecule has 4 rings (SSSR count). The number of allylic oxidation sites excluding steroid dienone is 2. The molecule has 0 saturated carbocycles. The van der Waals surface area contributed by atoms with E-state index in [0.717, 1.165) is 6.08 Å². The van der Waals surface area contributed by atoms with Crippen LogP contribution in [0.15, 0.2) is 67.3 Å². The second-order valence-corrected chi connectivity index (χ2v) is 6.70. The van der Waals surface area contributed by atoms with Crippen LogP contribution in [0.4, 0.5) is 14.6 Å². The highest BCUT2D eigenvalue weighted by Crippen LogP contribution is 2.43. The van der Waals surface area contributed by atoms with Crippen LogP contribution in [0.5, 0.6) is 0 Å². The molecule has 0 bridgehead atoms. The summed E-state index contributed by atoms with van der Waals surface area (Å²) in [7, 11) is 0. The SMILES string of the molecule is C=CC(=O)n1nc(N)c2c1CC(c1cccc(F)c1)(c1cccc(F)c1)C=C2. The Morgan fingerprint density at radius 2 is 1.75 bits per heavy atom. The highest BCUT2D eigenvalue weighted by Gasteiger charge is 2.38. The average Bonchev–Trinajstić information content (AvgIpc) is 3.03. The van der Waals surface area contributed by atoms with Crippen LogP contribution in [-0.2, 0) is 11.8 Å². The Hall–Kier alpha value is -3.54. The van der Waals surface area contributed by atoms with Gasteiger partial charge in [-0.3, -0.25) is 4.79 Å². The van der Waals surface area contributed by atoms with E-state index in [1.54, 1.807) is 30.3 Å². The van der Waals surface area contributed by atoms with Crippen molar-refractivity contribution in [3.63, 3.8) is 0 Å². The molecule has 0 radical (unpaired) electrons. The van der Waals surface area contributed by atoms with Gasteiger partial charge in [-0.15, -0.1) is 5.10 Å². The van der Waals surface area contributed by atoms with Gasteiger partial charge < -0.3 is 5.73 Å². The van der Waals surface area contributed by atoms with Crippen LogP contribution in [0.1, 0.15) is 27.2 Å². The number of nitrogens with two attached hydrogens (primary N) is 1. The minimum absolute atomic E-state index is 0.216. The van der Waals surface area contributed by atoms with E-state index in [4.69, 9.17) is 5.73 Å². The first-order valence-corrected chi connectivity index (χ1v) is 8.70. The molecule has 2 N–H and O–H groups in total. The molecule has 28 heavy (non-hydrogen) atoms. The lowest BCUT2D eigenvalue weighted by Crippen LogP contribution is -2.32. The van der Waals surface area contributed by atoms with Gasteiger partial charge in [0.2, 0.25) is 0 Å². The number of nitrogen functional groups attached to an aromatic ring is 1. The molecular weight excluding hydrogens is 360 g/mol. The van der Waals surface area contributed by atoms with Crippen LogP contribution >= 0.6 is 0 Å². The van der Waals surface area contributed by atoms with Crippen molar-refractivity contribution in [3.05, 3.63) is 101 Å². The van der Waals surface area contributed by atoms with Crippen LogP contribution in [0, 0.1) is 11.6 Å². The summed E-state index contributed by atoms with van der Waals surface area (Å²) in [6.45, 7) is 3.50. The number of hydrogen-bond donors (Lipinski definition) is 1. The fraction of sp³-hybridized carbons (Fsp3) is 0.0909. The number of benzene rings is 2. The van der Waals surface area contributed by atoms with E-state index in [2.05, 4.69) is 11.7 Å². The quantitative estimate of drug-likeness (QED) is 0.699. The molecule has 0 saturated heterocycles. The van der Waals surface area contributed by atoms with Gasteiger partial charge in [-0.25, -0.2) is 8.78 Å². The van der Waals surface area contributed by atoms with Crippen LogP contribution in [0.2, 0.25) is 0 Å². The summed E-state index contributed by atoms with van der Waals surface area (Å²) < 4.78 is 29.3. The number of rotatable bonds is 3. The number of hydrogen-bond acceptors (Lipinski definition) is 3. The summed E-state index contributed by atoms with van der Waals surface area (Å²) in [6.07, 6.45) is 5.02. The number of anilines is 1. The van der Waals surface area contributed by atoms with Crippen LogP contribution in [0.25, 0.3) is 6.08 Å². The lowest BCUT2D eigenvalue weighted by atomic mass is 9.68. The molecule has 1 aliphatic rings. The first kappa shape index (κ1) is 17.9. The van der Waals surface area contributed by atoms with E-state index in [0.29, 0.717) is 22.4 Å². The number of fused-ring (bicyclic) bond motifs is 1. The minimum Gasteiger partial charge on any atom is -0.382 e. The molecule has 1 heterocycles. The first-order valence-electron chi connectivity index (χ1n) is 8.70. The standard InChI is InChI=1S/C22H17F2N3O/c1-2-20(28)27-19-13-22(10-9-18(19)21(25)26-27,14-5-3-7-16(23)11-14)15-6-4-8-17(24)12-15/h2-12H,1,13H2,(H2,25,26). The van der Waals surface area contributed by atoms with Crippen molar-refractivity contribution >= 4 is 17.8 Å². The largest absolute Gasteiger partial charge is 0.382 e. The molecule has 0 spiro atoms. The smallest absolute Gasteiger partial charge is 0.270 e. The molecule has 0 unspecified atom stereocenters. The molecule has 0 aliphatic heterocycles. The van der Waals surface area contributed by atoms with Gasteiger partial charge in [-0.05, 0) is 41.5 Å². The number of aromatic nitrogens is 2. The van der Waals surface area contributed by atoms with Gasteiger partial charge >= 0.3 is 0 Å². The molecule has 0 atom stereocenters. The van der Waals surface area contributed by atoms with Crippen molar-refractivity contribution in [2.24, 2.45) is 0 Å². The summed E-state index contributed by atoms with van der Waals surface area (Å²) in [5, 5.41) is 4.13. The molecule has 1 aliphatic carbocycles. The summed E-state index contributed by atoms with van der Waals surface area (Å²) in [4.78, 5) is 12.3. The summed E-state index contributed by atoms with van der Waals surface area (Å²) in [5.74, 6) is -1.01. The number of halogens is 2. The van der Waals surface area contributed by atoms with Crippen molar-refractivity contribution in [2.45, 2.75) is 11.8 Å². The highest BCUT2D eigenvalue weighted by molar-refractivity contribution is 5.90. The molecule has 140 valence electrons. The third kappa shape index (κ3) is 2.74. The zero-order chi connectivity index (χ0) is 19.9. The lowest BCUT2D eigenvalue weighted by Gasteiger charge is -2.35. The number of carbonyl (C=O) groups is 1. The van der Waals surface area contributed by atoms with Crippen molar-refractivity contribution in [2.75, 3.05) is 5.73 Å². The maximum Gasteiger partial charge on any atom is 0.270 e. The van der Waals surface area contributed by atoms with Crippen molar-refractivity contribution in [3.8, 4) is 0 Å². The summed E-state index contributed by atoms with van der Waals surface area (Å²) in [6, 6.07) is 12.3. The molecule has 4 nitrogen and oxygen atoms in total. The van der Waals surface area contributed by atoms with Crippen LogP contribution in [0.3, 0.4) is 0 Å². The maximum atomic E-state index is 14.0. The Kier molecular flexibility index (Phi) is 4.19. The Balaban J connectivity index is 1.98. The Labute approximate surface area is 160 Å². The van der Waals surface area contributed by atoms with Crippen LogP contribution in [-0.4, -0.2) is 15.7 Å². The molecule has 0 amide bonds. The number of nitrogens with zero attached hydrogens (tertiary/aromatic N) is 2. The van der Waals surface area contributed by atoms with E-state index in [9.17, 15) is 13.6 Å². The van der Waals surface area contributed by atoms with E-state index in [1.165, 1.54) is 28.9 Å². The van der Waals surface area contributed by atoms with E-state index < -0.39 is 23.0 Å². The molecular formula is C22H17F2N3O. The monoisotopic (exact) mass is 377 g/mol. The zero-order valence-electron chi connectivity index (χ0n) is 14.9. The lowest BCUT2D eigenvalue weighted by molar-refractivity contribution is 0.0950. The summed E-state index contributed by atoms with van der Waals surface area (Å²) in [5.41, 5.74) is 7.56. The van der Waals surface area contributed by atoms with E-state index in [1.807, 2.05) is 6.08 Å². The second kappa shape index (κ2) is 6.56. The third-order valence-electron chi connectivity index (χ3n) is 5.09. The Bertz CT molecular complexity index is 1090. The molecule has 2 aromatic carbocycles. The topological polar surface area (TPSA) is 60.9 Å². The second-order valence-electron chi connectivity index (χ2n) is 6.70. The Morgan fingerprint density at radius 3 is 2.29 bits per heavy atom. The van der Waals surface area contributed by atoms with E-state index in [-0.39, 0.29) is 12.2 Å². The highest BCUT2D eigenvalue weighted by atomic mass is 19.1. The van der Waals surface area contributed by atoms with Gasteiger partial charge in [0.05, 0.1) is 5.69 Å². The fourth-order valence-corrected chi connectivity index (χ4v) is 3.75. The van der Waals surface area contributed by atoms with Gasteiger partial charge in [-0.1, -0.05) is 43.0 Å². The molecule has 0 fully saturated rings. The van der Waals surface area contributed by atoms with Crippen molar-refractivity contribution in [1.82, 2.24) is 9.78 Å². The number of carbonyl (C=O) groups excluding carboxylic acids is 1. The molecule has 6 heteroatoms. The predicted octanol–water partition coefficient (Wildman–Crippen LogP) is 4.13. The minimum atomic E-state index is -0.886. The van der Waals surface area contributed by atoms with Gasteiger partial charge in [0.25, 0.3) is 5.91 Å². The third-order valence-corrected chi connectivity index (χ3v) is 5.09.